The summed E-state index contributed by atoms with van der Waals surface area (Å²) >= 11 is 0. The molecule has 3 N–H and O–H groups in total. The van der Waals surface area contributed by atoms with Gasteiger partial charge in [-0.1, -0.05) is 6.08 Å². The Morgan fingerprint density at radius 3 is 3.00 bits per heavy atom. The highest BCUT2D eigenvalue weighted by Crippen LogP contribution is 1.93. The fourth-order valence-corrected chi connectivity index (χ4v) is 0.464. The second kappa shape index (κ2) is 2.21. The van der Waals surface area contributed by atoms with Gasteiger partial charge in [0.15, 0.2) is 0 Å². The normalized spacial score (nSPS) is 21.2. The van der Waals surface area contributed by atoms with Gasteiger partial charge >= 0.3 is 0 Å². The molecular weight excluding hydrogens is 100 g/mol. The second-order valence-electron chi connectivity index (χ2n) is 1.42. The third-order valence-electron chi connectivity index (χ3n) is 0.851. The van der Waals surface area contributed by atoms with Crippen molar-refractivity contribution in [1.29, 1.82) is 0 Å². The Labute approximate surface area is 48.4 Å². The van der Waals surface area contributed by atoms with Crippen LogP contribution in [0.4, 0.5) is 0 Å². The summed E-state index contributed by atoms with van der Waals surface area (Å²) in [6.45, 7) is 0. The Morgan fingerprint density at radius 1 is 1.75 bits per heavy atom. The third kappa shape index (κ3) is 0.904. The van der Waals surface area contributed by atoms with Gasteiger partial charge in [-0.15, -0.1) is 0 Å². The zero-order valence-corrected chi connectivity index (χ0v) is 4.39. The minimum atomic E-state index is 0.882. The molecule has 0 aromatic rings. The molecule has 1 aliphatic heterocycles. The molecule has 0 bridgehead atoms. The van der Waals surface area contributed by atoms with Gasteiger partial charge in [0.05, 0.1) is 11.9 Å². The lowest BCUT2D eigenvalue weighted by molar-refractivity contribution is 1.05. The molecule has 0 saturated carbocycles. The number of dihydropyridines is 1. The summed E-state index contributed by atoms with van der Waals surface area (Å²) in [7, 11) is 0. The van der Waals surface area contributed by atoms with Crippen LogP contribution in [0.15, 0.2) is 30.1 Å². The molecule has 2 heteroatoms. The Morgan fingerprint density at radius 2 is 2.62 bits per heavy atom. The third-order valence-corrected chi connectivity index (χ3v) is 0.851. The van der Waals surface area contributed by atoms with E-state index in [0.29, 0.717) is 0 Å². The zero-order valence-electron chi connectivity index (χ0n) is 4.39. The summed E-state index contributed by atoms with van der Waals surface area (Å²) in [5.41, 5.74) is 6.06. The van der Waals surface area contributed by atoms with Crippen molar-refractivity contribution in [3.63, 3.8) is 0 Å². The maximum absolute atomic E-state index is 5.17. The number of hydrogen-bond donors (Lipinski definition) is 2. The van der Waals surface area contributed by atoms with Crippen LogP contribution in [0.1, 0.15) is 0 Å². The van der Waals surface area contributed by atoms with E-state index in [1.165, 1.54) is 6.20 Å². The lowest BCUT2D eigenvalue weighted by Gasteiger charge is -2.00. The van der Waals surface area contributed by atoms with Crippen LogP contribution in [0, 0.1) is 6.20 Å². The van der Waals surface area contributed by atoms with Crippen LogP contribution >= 0.6 is 0 Å². The number of nitrogens with two attached hydrogens (primary N) is 1. The largest absolute Gasteiger partial charge is 0.403 e. The summed E-state index contributed by atoms with van der Waals surface area (Å²) in [5.74, 6) is 0. The average Bonchev–Trinajstić information content (AvgIpc) is 1.90. The molecule has 0 fully saturated rings. The van der Waals surface area contributed by atoms with Crippen LogP contribution in [-0.4, -0.2) is 0 Å². The summed E-state index contributed by atoms with van der Waals surface area (Å²) in [4.78, 5) is 0. The maximum atomic E-state index is 5.17. The lowest BCUT2D eigenvalue weighted by atomic mass is 10.3. The van der Waals surface area contributed by atoms with E-state index in [0.717, 1.165) is 5.70 Å². The molecule has 0 amide bonds. The van der Waals surface area contributed by atoms with Crippen molar-refractivity contribution in [2.45, 2.75) is 0 Å². The number of allylic oxidation sites excluding steroid dienone is 3. The first-order valence-electron chi connectivity index (χ1n) is 2.37. The molecule has 0 aromatic carbocycles. The van der Waals surface area contributed by atoms with Gasteiger partial charge in [-0.2, -0.15) is 0 Å². The van der Waals surface area contributed by atoms with E-state index in [9.17, 15) is 0 Å². The van der Waals surface area contributed by atoms with Crippen LogP contribution < -0.4 is 11.1 Å². The van der Waals surface area contributed by atoms with Gasteiger partial charge in [-0.05, 0) is 12.2 Å². The fraction of sp³-hybridized carbons (Fsp3) is 0. The second-order valence-corrected chi connectivity index (χ2v) is 1.42. The Balaban J connectivity index is 2.66. The van der Waals surface area contributed by atoms with Crippen LogP contribution in [-0.2, 0) is 0 Å². The molecule has 1 heterocycles. The number of nitrogens with one attached hydrogen (secondary N) is 1. The summed E-state index contributed by atoms with van der Waals surface area (Å²) < 4.78 is 0. The molecule has 1 rings (SSSR count). The predicted molar refractivity (Wildman–Crippen MR) is 32.4 cm³/mol. The maximum Gasteiger partial charge on any atom is 0.0623 e. The van der Waals surface area contributed by atoms with Gasteiger partial charge < -0.3 is 11.1 Å². The van der Waals surface area contributed by atoms with Gasteiger partial charge in [-0.3, -0.25) is 0 Å². The summed E-state index contributed by atoms with van der Waals surface area (Å²) in [6.07, 6.45) is 9.80. The summed E-state index contributed by atoms with van der Waals surface area (Å²) in [6, 6.07) is 0. The van der Waals surface area contributed by atoms with E-state index in [-0.39, 0.29) is 0 Å². The highest BCUT2D eigenvalue weighted by Gasteiger charge is 1.86. The molecule has 0 aliphatic carbocycles. The average molecular weight is 107 g/mol. The van der Waals surface area contributed by atoms with Crippen molar-refractivity contribution in [3.8, 4) is 0 Å². The molecule has 1 radical (unpaired) electrons. The quantitative estimate of drug-likeness (QED) is 0.466. The Hall–Kier alpha value is -1.18. The molecule has 0 spiro atoms. The van der Waals surface area contributed by atoms with Gasteiger partial charge in [0.25, 0.3) is 0 Å². The van der Waals surface area contributed by atoms with Crippen molar-refractivity contribution in [3.05, 3.63) is 36.3 Å². The minimum absolute atomic E-state index is 0.882. The lowest BCUT2D eigenvalue weighted by Crippen LogP contribution is -2.07. The molecule has 0 atom stereocenters. The highest BCUT2D eigenvalue weighted by atomic mass is 14.9. The molecule has 0 unspecified atom stereocenters. The van der Waals surface area contributed by atoms with Crippen LogP contribution in [0.3, 0.4) is 0 Å². The molecule has 0 saturated heterocycles. The molecular formula is C6H7N2. The molecule has 1 aliphatic rings. The SMILES string of the molecule is N/C=C1/C=CC=[C]N1. The minimum Gasteiger partial charge on any atom is -0.403 e. The van der Waals surface area contributed by atoms with E-state index < -0.39 is 0 Å². The smallest absolute Gasteiger partial charge is 0.0623 e. The zero-order chi connectivity index (χ0) is 5.82. The standard InChI is InChI=1S/C6H7N2/c7-5-6-3-1-2-4-8-6/h1-3,5,8H,7H2/b6-5-. The van der Waals surface area contributed by atoms with Gasteiger partial charge in [0, 0.05) is 6.20 Å². The first kappa shape index (κ1) is 4.97. The van der Waals surface area contributed by atoms with Crippen molar-refractivity contribution < 1.29 is 0 Å². The van der Waals surface area contributed by atoms with Crippen molar-refractivity contribution in [1.82, 2.24) is 5.32 Å². The van der Waals surface area contributed by atoms with Crippen molar-refractivity contribution in [2.24, 2.45) is 5.73 Å². The van der Waals surface area contributed by atoms with Gasteiger partial charge in [0.1, 0.15) is 0 Å². The van der Waals surface area contributed by atoms with E-state index in [2.05, 4.69) is 11.5 Å². The fourth-order valence-electron chi connectivity index (χ4n) is 0.464. The van der Waals surface area contributed by atoms with Crippen LogP contribution in [0.2, 0.25) is 0 Å². The van der Waals surface area contributed by atoms with Gasteiger partial charge in [0.2, 0.25) is 0 Å². The van der Waals surface area contributed by atoms with E-state index in [1.807, 2.05) is 12.2 Å². The van der Waals surface area contributed by atoms with E-state index >= 15 is 0 Å². The van der Waals surface area contributed by atoms with E-state index in [4.69, 9.17) is 5.73 Å². The van der Waals surface area contributed by atoms with Crippen molar-refractivity contribution in [2.75, 3.05) is 0 Å². The number of rotatable bonds is 0. The van der Waals surface area contributed by atoms with Crippen molar-refractivity contribution >= 4 is 0 Å². The summed E-state index contributed by atoms with van der Waals surface area (Å²) in [5, 5.41) is 2.81. The van der Waals surface area contributed by atoms with Crippen LogP contribution in [0.5, 0.6) is 0 Å². The monoisotopic (exact) mass is 107 g/mol. The Bertz CT molecular complexity index is 154. The Kier molecular flexibility index (Phi) is 1.37. The molecule has 8 heavy (non-hydrogen) atoms. The number of hydrogen-bond acceptors (Lipinski definition) is 2. The highest BCUT2D eigenvalue weighted by molar-refractivity contribution is 5.23. The van der Waals surface area contributed by atoms with Crippen LogP contribution in [0.25, 0.3) is 0 Å². The molecule has 41 valence electrons. The first-order chi connectivity index (χ1) is 3.93. The molecule has 2 nitrogen and oxygen atoms in total. The van der Waals surface area contributed by atoms with Gasteiger partial charge in [-0.25, -0.2) is 0 Å². The van der Waals surface area contributed by atoms with E-state index in [1.54, 1.807) is 6.08 Å². The molecule has 0 aromatic heterocycles. The topological polar surface area (TPSA) is 38.0 Å². The first-order valence-corrected chi connectivity index (χ1v) is 2.37. The predicted octanol–water partition coefficient (Wildman–Crippen LogP) is 0.263.